The maximum Gasteiger partial charge on any atom is 0.321 e. The summed E-state index contributed by atoms with van der Waals surface area (Å²) in [7, 11) is 0. The number of hydrogen-bond donors (Lipinski definition) is 2. The van der Waals surface area contributed by atoms with Gasteiger partial charge in [-0.15, -0.1) is 0 Å². The van der Waals surface area contributed by atoms with Gasteiger partial charge in [-0.3, -0.25) is 4.79 Å². The minimum atomic E-state index is -0.813. The monoisotopic (exact) mass is 361 g/mol. The van der Waals surface area contributed by atoms with Gasteiger partial charge in [0, 0.05) is 10.5 Å². The average molecular weight is 362 g/mol. The molecule has 0 aliphatic carbocycles. The van der Waals surface area contributed by atoms with Crippen molar-refractivity contribution in [2.45, 2.75) is 31.8 Å². The van der Waals surface area contributed by atoms with Crippen molar-refractivity contribution < 1.29 is 9.90 Å². The summed E-state index contributed by atoms with van der Waals surface area (Å²) in [5.41, 5.74) is 2.21. The van der Waals surface area contributed by atoms with Gasteiger partial charge in [0.25, 0.3) is 0 Å². The predicted octanol–water partition coefficient (Wildman–Crippen LogP) is 3.67. The minimum absolute atomic E-state index is 0.0889. The number of benzene rings is 2. The van der Waals surface area contributed by atoms with Crippen molar-refractivity contribution in [3.8, 4) is 0 Å². The molecule has 2 aromatic rings. The third-order valence-corrected chi connectivity index (χ3v) is 4.05. The first kappa shape index (κ1) is 16.7. The average Bonchev–Trinajstić information content (AvgIpc) is 2.50. The molecule has 2 aromatic carbocycles. The number of halogens is 1. The highest BCUT2D eigenvalue weighted by atomic mass is 79.9. The fourth-order valence-electron chi connectivity index (χ4n) is 2.44. The summed E-state index contributed by atoms with van der Waals surface area (Å²) < 4.78 is 1.05. The third kappa shape index (κ3) is 5.28. The molecule has 22 heavy (non-hydrogen) atoms. The quantitative estimate of drug-likeness (QED) is 0.790. The van der Waals surface area contributed by atoms with E-state index in [-0.39, 0.29) is 6.04 Å². The van der Waals surface area contributed by atoms with Gasteiger partial charge >= 0.3 is 5.97 Å². The fraction of sp³-hybridized carbons (Fsp3) is 0.278. The molecule has 1 unspecified atom stereocenters. The second kappa shape index (κ2) is 8.11. The van der Waals surface area contributed by atoms with Crippen molar-refractivity contribution in [3.05, 3.63) is 70.2 Å². The standard InChI is InChI=1S/C18H20BrNO2/c1-13(11-15-7-9-16(19)10-8-15)20-17(18(21)22)12-14-5-3-2-4-6-14/h2-10,13,17,20H,11-12H2,1H3,(H,21,22)/t13?,17-/m0/s1. The van der Waals surface area contributed by atoms with Crippen LogP contribution in [-0.4, -0.2) is 23.2 Å². The molecule has 0 amide bonds. The molecule has 2 rings (SSSR count). The van der Waals surface area contributed by atoms with E-state index in [2.05, 4.69) is 33.4 Å². The Morgan fingerprint density at radius 3 is 2.23 bits per heavy atom. The molecular formula is C18H20BrNO2. The topological polar surface area (TPSA) is 49.3 Å². The third-order valence-electron chi connectivity index (χ3n) is 3.52. The Kier molecular flexibility index (Phi) is 6.16. The minimum Gasteiger partial charge on any atom is -0.480 e. The molecule has 0 saturated heterocycles. The zero-order valence-electron chi connectivity index (χ0n) is 12.5. The van der Waals surface area contributed by atoms with Crippen molar-refractivity contribution in [2.75, 3.05) is 0 Å². The lowest BCUT2D eigenvalue weighted by Crippen LogP contribution is -2.44. The van der Waals surface area contributed by atoms with Gasteiger partial charge in [-0.25, -0.2) is 0 Å². The van der Waals surface area contributed by atoms with Crippen LogP contribution < -0.4 is 5.32 Å². The lowest BCUT2D eigenvalue weighted by Gasteiger charge is -2.20. The molecule has 0 aromatic heterocycles. The summed E-state index contributed by atoms with van der Waals surface area (Å²) in [6.07, 6.45) is 1.28. The van der Waals surface area contributed by atoms with Gasteiger partial charge in [-0.05, 0) is 43.0 Å². The lowest BCUT2D eigenvalue weighted by molar-refractivity contribution is -0.139. The largest absolute Gasteiger partial charge is 0.480 e. The lowest BCUT2D eigenvalue weighted by atomic mass is 10.0. The maximum atomic E-state index is 11.5. The van der Waals surface area contributed by atoms with Gasteiger partial charge < -0.3 is 10.4 Å². The van der Waals surface area contributed by atoms with Crippen LogP contribution in [0, 0.1) is 0 Å². The van der Waals surface area contributed by atoms with Crippen molar-refractivity contribution in [1.29, 1.82) is 0 Å². The molecule has 4 heteroatoms. The van der Waals surface area contributed by atoms with E-state index in [9.17, 15) is 9.90 Å². The highest BCUT2D eigenvalue weighted by Gasteiger charge is 2.20. The van der Waals surface area contributed by atoms with Gasteiger partial charge in [0.15, 0.2) is 0 Å². The number of rotatable bonds is 7. The summed E-state index contributed by atoms with van der Waals surface area (Å²) in [5.74, 6) is -0.813. The van der Waals surface area contributed by atoms with Crippen molar-refractivity contribution >= 4 is 21.9 Å². The van der Waals surface area contributed by atoms with Gasteiger partial charge in [0.05, 0.1) is 0 Å². The van der Waals surface area contributed by atoms with E-state index >= 15 is 0 Å². The molecule has 0 aliphatic heterocycles. The molecule has 3 nitrogen and oxygen atoms in total. The van der Waals surface area contributed by atoms with Gasteiger partial charge in [0.1, 0.15) is 6.04 Å². The Hall–Kier alpha value is -1.65. The SMILES string of the molecule is CC(Cc1ccc(Br)cc1)N[C@@H](Cc1ccccc1)C(=O)O. The van der Waals surface area contributed by atoms with Crippen LogP contribution in [0.15, 0.2) is 59.1 Å². The molecule has 0 heterocycles. The van der Waals surface area contributed by atoms with Crippen LogP contribution in [0.25, 0.3) is 0 Å². The first-order valence-corrected chi connectivity index (χ1v) is 8.11. The van der Waals surface area contributed by atoms with Crippen molar-refractivity contribution in [1.82, 2.24) is 5.32 Å². The van der Waals surface area contributed by atoms with Crippen LogP contribution in [0.3, 0.4) is 0 Å². The number of carboxylic acids is 1. The van der Waals surface area contributed by atoms with E-state index in [1.165, 1.54) is 5.56 Å². The molecule has 0 aliphatic rings. The van der Waals surface area contributed by atoms with Crippen LogP contribution in [0.5, 0.6) is 0 Å². The van der Waals surface area contributed by atoms with E-state index in [4.69, 9.17) is 0 Å². The zero-order chi connectivity index (χ0) is 15.9. The van der Waals surface area contributed by atoms with Gasteiger partial charge in [-0.2, -0.15) is 0 Å². The van der Waals surface area contributed by atoms with E-state index in [0.717, 1.165) is 16.5 Å². The first-order valence-electron chi connectivity index (χ1n) is 7.32. The van der Waals surface area contributed by atoms with E-state index in [1.807, 2.05) is 49.4 Å². The summed E-state index contributed by atoms with van der Waals surface area (Å²) in [5, 5.41) is 12.6. The molecule has 116 valence electrons. The summed E-state index contributed by atoms with van der Waals surface area (Å²) >= 11 is 3.41. The normalized spacial score (nSPS) is 13.5. The summed E-state index contributed by atoms with van der Waals surface area (Å²) in [6.45, 7) is 2.02. The fourth-order valence-corrected chi connectivity index (χ4v) is 2.71. The number of hydrogen-bond acceptors (Lipinski definition) is 2. The molecule has 2 atom stereocenters. The zero-order valence-corrected chi connectivity index (χ0v) is 14.1. The Labute approximate surface area is 139 Å². The van der Waals surface area contributed by atoms with Crippen molar-refractivity contribution in [2.24, 2.45) is 0 Å². The number of nitrogens with one attached hydrogen (secondary N) is 1. The highest BCUT2D eigenvalue weighted by molar-refractivity contribution is 9.10. The Balaban J connectivity index is 1.95. The van der Waals surface area contributed by atoms with Crippen LogP contribution in [0.4, 0.5) is 0 Å². The summed E-state index contributed by atoms with van der Waals surface area (Å²) in [6, 6.07) is 17.3. The second-order valence-electron chi connectivity index (χ2n) is 5.48. The first-order chi connectivity index (χ1) is 10.5. The molecule has 0 spiro atoms. The van der Waals surface area contributed by atoms with E-state index in [0.29, 0.717) is 6.42 Å². The Morgan fingerprint density at radius 1 is 1.05 bits per heavy atom. The predicted molar refractivity (Wildman–Crippen MR) is 92.0 cm³/mol. The molecule has 0 radical (unpaired) electrons. The number of aliphatic carboxylic acids is 1. The summed E-state index contributed by atoms with van der Waals surface area (Å²) in [4.78, 5) is 11.5. The molecule has 0 saturated carbocycles. The maximum absolute atomic E-state index is 11.5. The Bertz CT molecular complexity index is 598. The van der Waals surface area contributed by atoms with E-state index in [1.54, 1.807) is 0 Å². The van der Waals surface area contributed by atoms with E-state index < -0.39 is 12.0 Å². The van der Waals surface area contributed by atoms with Gasteiger partial charge in [-0.1, -0.05) is 58.4 Å². The van der Waals surface area contributed by atoms with Crippen LogP contribution >= 0.6 is 15.9 Å². The Morgan fingerprint density at radius 2 is 1.64 bits per heavy atom. The molecular weight excluding hydrogens is 342 g/mol. The molecule has 2 N–H and O–H groups in total. The number of carbonyl (C=O) groups is 1. The smallest absolute Gasteiger partial charge is 0.321 e. The van der Waals surface area contributed by atoms with Crippen LogP contribution in [0.2, 0.25) is 0 Å². The van der Waals surface area contributed by atoms with Crippen LogP contribution in [-0.2, 0) is 17.6 Å². The van der Waals surface area contributed by atoms with Crippen molar-refractivity contribution in [3.63, 3.8) is 0 Å². The number of carboxylic acid groups (broad SMARTS) is 1. The molecule has 0 fully saturated rings. The molecule has 0 bridgehead atoms. The highest BCUT2D eigenvalue weighted by Crippen LogP contribution is 2.12. The van der Waals surface area contributed by atoms with Crippen LogP contribution in [0.1, 0.15) is 18.1 Å². The second-order valence-corrected chi connectivity index (χ2v) is 6.39. The van der Waals surface area contributed by atoms with Gasteiger partial charge in [0.2, 0.25) is 0 Å².